The van der Waals surface area contributed by atoms with Gasteiger partial charge in [-0.2, -0.15) is 5.26 Å². The Balaban J connectivity index is 1.48. The summed E-state index contributed by atoms with van der Waals surface area (Å²) in [4.78, 5) is 0. The summed E-state index contributed by atoms with van der Waals surface area (Å²) in [6.07, 6.45) is 4.59. The first-order chi connectivity index (χ1) is 13.2. The van der Waals surface area contributed by atoms with Gasteiger partial charge in [0.05, 0.1) is 19.1 Å². The van der Waals surface area contributed by atoms with Crippen LogP contribution in [-0.2, 0) is 6.42 Å². The number of nitrogens with zero attached hydrogens (tertiary/aromatic N) is 1. The molecule has 0 spiro atoms. The molecule has 1 aliphatic carbocycles. The fourth-order valence-electron chi connectivity index (χ4n) is 4.06. The minimum Gasteiger partial charge on any atom is -0.493 e. The van der Waals surface area contributed by atoms with Gasteiger partial charge in [0.15, 0.2) is 11.5 Å². The van der Waals surface area contributed by atoms with E-state index in [4.69, 9.17) is 19.5 Å². The van der Waals surface area contributed by atoms with Crippen molar-refractivity contribution >= 4 is 0 Å². The standard InChI is InChI=1S/C22H22FNO3/c23-20-7-5-15(11-16(20)9-10-24)19-4-2-1-3-17(19)13-25-18-6-8-21-22(12-18)27-14-26-21/h5-8,11-12,17,19H,1-4,9,13-14H2/t17-,19-/m0/s1. The summed E-state index contributed by atoms with van der Waals surface area (Å²) in [7, 11) is 0. The van der Waals surface area contributed by atoms with Crippen LogP contribution in [0.4, 0.5) is 4.39 Å². The Morgan fingerprint density at radius 1 is 1.07 bits per heavy atom. The molecule has 0 radical (unpaired) electrons. The summed E-state index contributed by atoms with van der Waals surface area (Å²) in [5.41, 5.74) is 1.59. The van der Waals surface area contributed by atoms with Gasteiger partial charge in [0.2, 0.25) is 6.79 Å². The third-order valence-corrected chi connectivity index (χ3v) is 5.48. The Labute approximate surface area is 158 Å². The van der Waals surface area contributed by atoms with Crippen LogP contribution < -0.4 is 14.2 Å². The second-order valence-corrected chi connectivity index (χ2v) is 7.16. The van der Waals surface area contributed by atoms with Gasteiger partial charge < -0.3 is 14.2 Å². The minimum absolute atomic E-state index is 0.102. The third kappa shape index (κ3) is 3.85. The van der Waals surface area contributed by atoms with Gasteiger partial charge in [-0.3, -0.25) is 0 Å². The van der Waals surface area contributed by atoms with Crippen molar-refractivity contribution in [3.63, 3.8) is 0 Å². The van der Waals surface area contributed by atoms with Gasteiger partial charge in [0.1, 0.15) is 11.6 Å². The lowest BCUT2D eigenvalue weighted by molar-refractivity contribution is 0.173. The van der Waals surface area contributed by atoms with Crippen molar-refractivity contribution in [1.29, 1.82) is 5.26 Å². The first kappa shape index (κ1) is 17.7. The van der Waals surface area contributed by atoms with Crippen molar-refractivity contribution < 1.29 is 18.6 Å². The molecule has 0 amide bonds. The number of nitriles is 1. The van der Waals surface area contributed by atoms with Crippen LogP contribution in [0.25, 0.3) is 0 Å². The number of fused-ring (bicyclic) bond motifs is 1. The number of ether oxygens (including phenoxy) is 3. The van der Waals surface area contributed by atoms with Crippen LogP contribution in [-0.4, -0.2) is 13.4 Å². The Morgan fingerprint density at radius 2 is 1.93 bits per heavy atom. The predicted octanol–water partition coefficient (Wildman–Crippen LogP) is 4.97. The average molecular weight is 367 g/mol. The zero-order valence-electron chi connectivity index (χ0n) is 15.1. The molecule has 0 bridgehead atoms. The first-order valence-electron chi connectivity index (χ1n) is 9.42. The molecule has 2 atom stereocenters. The van der Waals surface area contributed by atoms with Gasteiger partial charge in [-0.25, -0.2) is 4.39 Å². The van der Waals surface area contributed by atoms with Crippen LogP contribution in [0.3, 0.4) is 0 Å². The van der Waals surface area contributed by atoms with Crippen LogP contribution in [0.15, 0.2) is 36.4 Å². The largest absolute Gasteiger partial charge is 0.493 e. The molecule has 2 aromatic carbocycles. The molecule has 1 aliphatic heterocycles. The van der Waals surface area contributed by atoms with E-state index < -0.39 is 0 Å². The highest BCUT2D eigenvalue weighted by atomic mass is 19.1. The monoisotopic (exact) mass is 367 g/mol. The molecule has 0 unspecified atom stereocenters. The van der Waals surface area contributed by atoms with Crippen molar-refractivity contribution in [2.24, 2.45) is 5.92 Å². The fraction of sp³-hybridized carbons (Fsp3) is 0.409. The van der Waals surface area contributed by atoms with E-state index in [0.29, 0.717) is 29.8 Å². The van der Waals surface area contributed by atoms with E-state index in [1.54, 1.807) is 0 Å². The lowest BCUT2D eigenvalue weighted by atomic mass is 9.75. The highest BCUT2D eigenvalue weighted by Gasteiger charge is 2.28. The SMILES string of the molecule is N#CCc1cc([C@@H]2CCCC[C@H]2COc2ccc3c(c2)OCO3)ccc1F. The first-order valence-corrected chi connectivity index (χ1v) is 9.42. The molecular weight excluding hydrogens is 345 g/mol. The van der Waals surface area contributed by atoms with Crippen LogP contribution in [0.2, 0.25) is 0 Å². The molecule has 2 aliphatic rings. The molecule has 1 heterocycles. The van der Waals surface area contributed by atoms with E-state index in [1.807, 2.05) is 36.4 Å². The van der Waals surface area contributed by atoms with E-state index >= 15 is 0 Å². The zero-order chi connectivity index (χ0) is 18.6. The molecule has 0 N–H and O–H groups in total. The second-order valence-electron chi connectivity index (χ2n) is 7.16. The van der Waals surface area contributed by atoms with Crippen molar-refractivity contribution in [2.45, 2.75) is 38.0 Å². The lowest BCUT2D eigenvalue weighted by Crippen LogP contribution is -2.24. The summed E-state index contributed by atoms with van der Waals surface area (Å²) in [5.74, 6) is 2.62. The molecule has 27 heavy (non-hydrogen) atoms. The number of rotatable bonds is 5. The lowest BCUT2D eigenvalue weighted by Gasteiger charge is -2.32. The van der Waals surface area contributed by atoms with Gasteiger partial charge in [0.25, 0.3) is 0 Å². The minimum atomic E-state index is -0.302. The quantitative estimate of drug-likeness (QED) is 0.748. The van der Waals surface area contributed by atoms with E-state index in [2.05, 4.69) is 0 Å². The van der Waals surface area contributed by atoms with Crippen LogP contribution in [0.1, 0.15) is 42.7 Å². The molecule has 1 saturated carbocycles. The Morgan fingerprint density at radius 3 is 2.81 bits per heavy atom. The molecule has 0 aromatic heterocycles. The molecule has 2 aromatic rings. The van der Waals surface area contributed by atoms with E-state index in [9.17, 15) is 4.39 Å². The summed E-state index contributed by atoms with van der Waals surface area (Å²) in [6.45, 7) is 0.856. The number of hydrogen-bond acceptors (Lipinski definition) is 4. The van der Waals surface area contributed by atoms with Gasteiger partial charge >= 0.3 is 0 Å². The number of benzene rings is 2. The van der Waals surface area contributed by atoms with Crippen molar-refractivity contribution in [2.75, 3.05) is 13.4 Å². The second kappa shape index (κ2) is 7.87. The summed E-state index contributed by atoms with van der Waals surface area (Å²) in [5, 5.41) is 8.92. The number of halogens is 1. The van der Waals surface area contributed by atoms with Crippen LogP contribution in [0.5, 0.6) is 17.2 Å². The van der Waals surface area contributed by atoms with Gasteiger partial charge in [-0.15, -0.1) is 0 Å². The zero-order valence-corrected chi connectivity index (χ0v) is 15.1. The highest BCUT2D eigenvalue weighted by Crippen LogP contribution is 2.40. The van der Waals surface area contributed by atoms with Gasteiger partial charge in [-0.05, 0) is 48.4 Å². The smallest absolute Gasteiger partial charge is 0.231 e. The van der Waals surface area contributed by atoms with Crippen molar-refractivity contribution in [3.05, 3.63) is 53.3 Å². The van der Waals surface area contributed by atoms with Crippen molar-refractivity contribution in [1.82, 2.24) is 0 Å². The highest BCUT2D eigenvalue weighted by molar-refractivity contribution is 5.46. The molecule has 1 fully saturated rings. The maximum atomic E-state index is 13.9. The van der Waals surface area contributed by atoms with E-state index in [1.165, 1.54) is 12.5 Å². The normalized spacial score (nSPS) is 20.9. The maximum absolute atomic E-state index is 13.9. The summed E-state index contributed by atoms with van der Waals surface area (Å²) >= 11 is 0. The molecule has 4 nitrogen and oxygen atoms in total. The molecule has 4 rings (SSSR count). The fourth-order valence-corrected chi connectivity index (χ4v) is 4.06. The maximum Gasteiger partial charge on any atom is 0.231 e. The average Bonchev–Trinajstić information content (AvgIpc) is 3.16. The molecule has 140 valence electrons. The van der Waals surface area contributed by atoms with E-state index in [-0.39, 0.29) is 19.0 Å². The van der Waals surface area contributed by atoms with Crippen LogP contribution >= 0.6 is 0 Å². The third-order valence-electron chi connectivity index (χ3n) is 5.48. The number of hydrogen-bond donors (Lipinski definition) is 0. The van der Waals surface area contributed by atoms with E-state index in [0.717, 1.165) is 36.3 Å². The summed E-state index contributed by atoms with van der Waals surface area (Å²) in [6, 6.07) is 12.9. The Kier molecular flexibility index (Phi) is 5.15. The predicted molar refractivity (Wildman–Crippen MR) is 98.5 cm³/mol. The summed E-state index contributed by atoms with van der Waals surface area (Å²) < 4.78 is 30.7. The van der Waals surface area contributed by atoms with Gasteiger partial charge in [-0.1, -0.05) is 25.0 Å². The van der Waals surface area contributed by atoms with Gasteiger partial charge in [0, 0.05) is 11.6 Å². The van der Waals surface area contributed by atoms with Crippen LogP contribution in [0, 0.1) is 23.1 Å². The molecular formula is C22H22FNO3. The Bertz CT molecular complexity index is 861. The van der Waals surface area contributed by atoms with Crippen molar-refractivity contribution in [3.8, 4) is 23.3 Å². The molecule has 5 heteroatoms. The molecule has 0 saturated heterocycles. The Hall–Kier alpha value is -2.74. The topological polar surface area (TPSA) is 51.5 Å².